The number of amides is 1. The molecule has 1 unspecified atom stereocenters. The fourth-order valence-corrected chi connectivity index (χ4v) is 4.30. The summed E-state index contributed by atoms with van der Waals surface area (Å²) in [5.74, 6) is -0.693. The van der Waals surface area contributed by atoms with Gasteiger partial charge in [0.2, 0.25) is 0 Å². The summed E-state index contributed by atoms with van der Waals surface area (Å²) in [5, 5.41) is 16.9. The molecule has 4 aromatic rings. The highest BCUT2D eigenvalue weighted by molar-refractivity contribution is 9.10. The first-order valence-corrected chi connectivity index (χ1v) is 11.8. The summed E-state index contributed by atoms with van der Waals surface area (Å²) in [5.41, 5.74) is 7.64. The predicted octanol–water partition coefficient (Wildman–Crippen LogP) is 4.95. The fraction of sp³-hybridized carbons (Fsp3) is 0.240. The average molecular weight is 562 g/mol. The number of aromatic nitrogens is 3. The van der Waals surface area contributed by atoms with Crippen molar-refractivity contribution < 1.29 is 23.1 Å². The number of hydrogen-bond acceptors (Lipinski definition) is 5. The van der Waals surface area contributed by atoms with Crippen molar-refractivity contribution in [2.75, 3.05) is 5.32 Å². The van der Waals surface area contributed by atoms with Gasteiger partial charge in [-0.05, 0) is 49.2 Å². The van der Waals surface area contributed by atoms with Crippen LogP contribution in [0.2, 0.25) is 0 Å². The first-order chi connectivity index (χ1) is 16.9. The minimum absolute atomic E-state index is 0.0629. The smallest absolute Gasteiger partial charge is 0.378 e. The third kappa shape index (κ3) is 5.58. The Balaban J connectivity index is 1.63. The summed E-state index contributed by atoms with van der Waals surface area (Å²) in [6.07, 6.45) is -5.29. The average Bonchev–Trinajstić information content (AvgIpc) is 3.05. The molecule has 0 radical (unpaired) electrons. The molecular formula is C25H23BrF3N5O2. The Labute approximate surface area is 213 Å². The quantitative estimate of drug-likeness (QED) is 0.289. The number of aliphatic hydroxyl groups excluding tert-OH is 1. The van der Waals surface area contributed by atoms with Gasteiger partial charge in [0.15, 0.2) is 0 Å². The maximum atomic E-state index is 13.5. The highest BCUT2D eigenvalue weighted by atomic mass is 79.9. The molecule has 4 rings (SSSR count). The molecule has 1 amide bonds. The number of benzene rings is 2. The number of aliphatic hydroxyl groups is 1. The summed E-state index contributed by atoms with van der Waals surface area (Å²) >= 11 is 3.30. The summed E-state index contributed by atoms with van der Waals surface area (Å²) < 4.78 is 42.7. The topological polar surface area (TPSA) is 106 Å². The minimum atomic E-state index is -4.70. The number of alkyl halides is 3. The van der Waals surface area contributed by atoms with Crippen LogP contribution in [0.15, 0.2) is 53.0 Å². The van der Waals surface area contributed by atoms with Gasteiger partial charge in [-0.25, -0.2) is 4.98 Å². The number of rotatable bonds is 6. The first kappa shape index (κ1) is 25.8. The van der Waals surface area contributed by atoms with E-state index in [1.54, 1.807) is 30.7 Å². The van der Waals surface area contributed by atoms with E-state index in [4.69, 9.17) is 5.73 Å². The second kappa shape index (κ2) is 10.00. The van der Waals surface area contributed by atoms with E-state index >= 15 is 0 Å². The van der Waals surface area contributed by atoms with Crippen molar-refractivity contribution in [1.29, 1.82) is 0 Å². The van der Waals surface area contributed by atoms with Crippen molar-refractivity contribution in [3.63, 3.8) is 0 Å². The number of fused-ring (bicyclic) bond motifs is 1. The van der Waals surface area contributed by atoms with Crippen molar-refractivity contribution >= 4 is 38.4 Å². The minimum Gasteiger partial charge on any atom is -0.378 e. The Kier molecular flexibility index (Phi) is 7.17. The molecule has 1 atom stereocenters. The molecule has 2 aromatic carbocycles. The number of hydrogen-bond donors (Lipinski definition) is 3. The van der Waals surface area contributed by atoms with Crippen LogP contribution in [-0.4, -0.2) is 32.0 Å². The lowest BCUT2D eigenvalue weighted by Crippen LogP contribution is -2.21. The van der Waals surface area contributed by atoms with E-state index in [2.05, 4.69) is 31.3 Å². The van der Waals surface area contributed by atoms with Gasteiger partial charge < -0.3 is 16.2 Å². The van der Waals surface area contributed by atoms with Gasteiger partial charge in [0, 0.05) is 16.3 Å². The summed E-state index contributed by atoms with van der Waals surface area (Å²) in [6, 6.07) is 12.8. The van der Waals surface area contributed by atoms with Crippen LogP contribution >= 0.6 is 15.9 Å². The van der Waals surface area contributed by atoms with Crippen LogP contribution in [-0.2, 0) is 19.1 Å². The van der Waals surface area contributed by atoms with E-state index in [-0.39, 0.29) is 11.1 Å². The number of anilines is 1. The van der Waals surface area contributed by atoms with Crippen molar-refractivity contribution in [2.24, 2.45) is 5.73 Å². The van der Waals surface area contributed by atoms with Gasteiger partial charge >= 0.3 is 6.18 Å². The Morgan fingerprint density at radius 2 is 1.81 bits per heavy atom. The van der Waals surface area contributed by atoms with E-state index in [1.165, 1.54) is 6.07 Å². The Hall–Kier alpha value is -3.28. The normalized spacial score (nSPS) is 12.7. The number of aryl methyl sites for hydroxylation is 1. The molecule has 0 aliphatic carbocycles. The van der Waals surface area contributed by atoms with E-state index in [0.29, 0.717) is 39.9 Å². The van der Waals surface area contributed by atoms with E-state index in [0.717, 1.165) is 17.2 Å². The Morgan fingerprint density at radius 1 is 1.14 bits per heavy atom. The summed E-state index contributed by atoms with van der Waals surface area (Å²) in [7, 11) is 0. The molecule has 2 aromatic heterocycles. The number of carbonyl (C=O) groups excluding carboxylic acids is 1. The standard InChI is InChI=1S/C25H23BrF3N5O2/c1-13-23(14(2)34(33-13)12-16-5-3-15(4-6-16)9-22(30)35)32-24(36)19-11-21(25(27,28)29)31-20-8-7-17(26)10-18(19)20/h3-8,10-11,22,35H,9,12,30H2,1-2H3,(H,32,36). The number of nitrogens with one attached hydrogen (secondary N) is 1. The summed E-state index contributed by atoms with van der Waals surface area (Å²) in [6.45, 7) is 3.90. The van der Waals surface area contributed by atoms with Crippen molar-refractivity contribution in [3.8, 4) is 0 Å². The largest absolute Gasteiger partial charge is 0.433 e. The van der Waals surface area contributed by atoms with Gasteiger partial charge in [0.1, 0.15) is 11.9 Å². The fourth-order valence-electron chi connectivity index (χ4n) is 3.94. The van der Waals surface area contributed by atoms with Gasteiger partial charge in [-0.15, -0.1) is 0 Å². The van der Waals surface area contributed by atoms with Crippen LogP contribution in [0.25, 0.3) is 10.9 Å². The lowest BCUT2D eigenvalue weighted by atomic mass is 10.1. The molecule has 0 fully saturated rings. The molecule has 0 bridgehead atoms. The van der Waals surface area contributed by atoms with Gasteiger partial charge in [0.05, 0.1) is 34.7 Å². The van der Waals surface area contributed by atoms with Crippen LogP contribution < -0.4 is 11.1 Å². The van der Waals surface area contributed by atoms with E-state index in [9.17, 15) is 23.1 Å². The van der Waals surface area contributed by atoms with Gasteiger partial charge in [0.25, 0.3) is 5.91 Å². The SMILES string of the molecule is Cc1nn(Cc2ccc(CC(N)O)cc2)c(C)c1NC(=O)c1cc(C(F)(F)F)nc2ccc(Br)cc12. The van der Waals surface area contributed by atoms with Gasteiger partial charge in [-0.3, -0.25) is 9.48 Å². The molecule has 2 heterocycles. The summed E-state index contributed by atoms with van der Waals surface area (Å²) in [4.78, 5) is 16.9. The monoisotopic (exact) mass is 561 g/mol. The molecule has 11 heteroatoms. The molecule has 0 saturated heterocycles. The van der Waals surface area contributed by atoms with Crippen LogP contribution in [0.3, 0.4) is 0 Å². The predicted molar refractivity (Wildman–Crippen MR) is 134 cm³/mol. The molecule has 188 valence electrons. The van der Waals surface area contributed by atoms with Crippen molar-refractivity contribution in [1.82, 2.24) is 14.8 Å². The Bertz CT molecular complexity index is 1430. The third-order valence-electron chi connectivity index (χ3n) is 5.73. The van der Waals surface area contributed by atoms with Crippen LogP contribution in [0.5, 0.6) is 0 Å². The molecular weight excluding hydrogens is 539 g/mol. The lowest BCUT2D eigenvalue weighted by Gasteiger charge is -2.13. The van der Waals surface area contributed by atoms with Crippen LogP contribution in [0.1, 0.15) is 38.6 Å². The van der Waals surface area contributed by atoms with Gasteiger partial charge in [-0.1, -0.05) is 40.2 Å². The van der Waals surface area contributed by atoms with Crippen molar-refractivity contribution in [2.45, 2.75) is 39.2 Å². The molecule has 4 N–H and O–H groups in total. The maximum Gasteiger partial charge on any atom is 0.433 e. The van der Waals surface area contributed by atoms with Crippen LogP contribution in [0, 0.1) is 13.8 Å². The number of pyridine rings is 1. The third-order valence-corrected chi connectivity index (χ3v) is 6.22. The number of nitrogens with zero attached hydrogens (tertiary/aromatic N) is 3. The van der Waals surface area contributed by atoms with E-state index in [1.807, 2.05) is 24.3 Å². The maximum absolute atomic E-state index is 13.5. The second-order valence-electron chi connectivity index (χ2n) is 8.46. The molecule has 0 spiro atoms. The highest BCUT2D eigenvalue weighted by Crippen LogP contribution is 2.32. The Morgan fingerprint density at radius 3 is 2.44 bits per heavy atom. The molecule has 0 aliphatic rings. The molecule has 36 heavy (non-hydrogen) atoms. The number of nitrogens with two attached hydrogens (primary N) is 1. The van der Waals surface area contributed by atoms with Crippen LogP contribution in [0.4, 0.5) is 18.9 Å². The zero-order chi connectivity index (χ0) is 26.2. The van der Waals surface area contributed by atoms with E-state index < -0.39 is 24.0 Å². The zero-order valence-electron chi connectivity index (χ0n) is 19.4. The number of carbonyl (C=O) groups is 1. The highest BCUT2D eigenvalue weighted by Gasteiger charge is 2.34. The lowest BCUT2D eigenvalue weighted by molar-refractivity contribution is -0.140. The first-order valence-electron chi connectivity index (χ1n) is 11.0. The zero-order valence-corrected chi connectivity index (χ0v) is 21.0. The second-order valence-corrected chi connectivity index (χ2v) is 9.38. The number of halogens is 4. The molecule has 7 nitrogen and oxygen atoms in total. The molecule has 0 saturated carbocycles. The van der Waals surface area contributed by atoms with Crippen molar-refractivity contribution in [3.05, 3.63) is 86.8 Å². The van der Waals surface area contributed by atoms with Gasteiger partial charge in [-0.2, -0.15) is 18.3 Å². The molecule has 0 aliphatic heterocycles.